The summed E-state index contributed by atoms with van der Waals surface area (Å²) in [7, 11) is 0. The van der Waals surface area contributed by atoms with E-state index in [1.165, 1.54) is 24.5 Å². The van der Waals surface area contributed by atoms with Crippen LogP contribution in [0.2, 0.25) is 0 Å². The van der Waals surface area contributed by atoms with Crippen molar-refractivity contribution in [2.24, 2.45) is 0 Å². The largest absolute Gasteiger partial charge is 0.573 e. The summed E-state index contributed by atoms with van der Waals surface area (Å²) in [5.41, 5.74) is 7.97. The average molecular weight is 549 g/mol. The number of aromatic amines is 1. The summed E-state index contributed by atoms with van der Waals surface area (Å²) < 4.78 is 49.4. The van der Waals surface area contributed by atoms with E-state index in [0.717, 1.165) is 19.4 Å². The number of ether oxygens (including phenoxy) is 2. The highest BCUT2D eigenvalue weighted by atomic mass is 19.4. The Morgan fingerprint density at radius 1 is 1.26 bits per heavy atom. The van der Waals surface area contributed by atoms with Gasteiger partial charge in [0.2, 0.25) is 0 Å². The van der Waals surface area contributed by atoms with Gasteiger partial charge in [0.25, 0.3) is 0 Å². The van der Waals surface area contributed by atoms with Crippen molar-refractivity contribution in [2.45, 2.75) is 70.4 Å². The topological polar surface area (TPSA) is 140 Å². The Bertz CT molecular complexity index is 1420. The van der Waals surface area contributed by atoms with E-state index in [9.17, 15) is 18.3 Å². The van der Waals surface area contributed by atoms with Gasteiger partial charge < -0.3 is 25.3 Å². The van der Waals surface area contributed by atoms with Gasteiger partial charge in [0.05, 0.1) is 23.5 Å². The van der Waals surface area contributed by atoms with E-state index in [2.05, 4.69) is 48.4 Å². The molecular formula is C25H31F3N8O3. The van der Waals surface area contributed by atoms with E-state index in [1.807, 2.05) is 0 Å². The molecule has 3 aromatic heterocycles. The number of aliphatic hydroxyl groups is 1. The van der Waals surface area contributed by atoms with Crippen LogP contribution in [0.4, 0.5) is 19.0 Å². The smallest absolute Gasteiger partial charge is 0.406 e. The molecule has 1 aliphatic heterocycles. The number of hydrogen-bond acceptors (Lipinski definition) is 9. The molecule has 4 N–H and O–H groups in total. The molecule has 1 saturated heterocycles. The van der Waals surface area contributed by atoms with Crippen LogP contribution in [-0.2, 0) is 11.2 Å². The number of hydrogen-bond donors (Lipinski definition) is 3. The Labute approximate surface area is 222 Å². The first-order chi connectivity index (χ1) is 18.6. The number of H-pyrrole nitrogens is 1. The molecule has 1 fully saturated rings. The van der Waals surface area contributed by atoms with Crippen molar-refractivity contribution in [1.29, 1.82) is 0 Å². The lowest BCUT2D eigenvalue weighted by molar-refractivity contribution is -0.274. The summed E-state index contributed by atoms with van der Waals surface area (Å²) >= 11 is 0. The molecule has 11 nitrogen and oxygen atoms in total. The molecule has 210 valence electrons. The van der Waals surface area contributed by atoms with Crippen LogP contribution >= 0.6 is 0 Å². The fraction of sp³-hybridized carbons (Fsp3) is 0.520. The van der Waals surface area contributed by atoms with Crippen LogP contribution in [0.3, 0.4) is 0 Å². The van der Waals surface area contributed by atoms with Crippen molar-refractivity contribution in [2.75, 3.05) is 18.8 Å². The number of nitrogen functional groups attached to an aromatic ring is 1. The van der Waals surface area contributed by atoms with Crippen molar-refractivity contribution in [3.63, 3.8) is 0 Å². The minimum absolute atomic E-state index is 0.174. The summed E-state index contributed by atoms with van der Waals surface area (Å²) in [4.78, 5) is 22.3. The highest BCUT2D eigenvalue weighted by Gasteiger charge is 2.37. The number of nitrogens with two attached hydrogens (primary N) is 1. The van der Waals surface area contributed by atoms with Gasteiger partial charge in [0.1, 0.15) is 29.5 Å². The van der Waals surface area contributed by atoms with E-state index in [-0.39, 0.29) is 23.7 Å². The number of alkyl halides is 3. The molecule has 1 unspecified atom stereocenters. The lowest BCUT2D eigenvalue weighted by atomic mass is 10.1. The average Bonchev–Trinajstić information content (AvgIpc) is 3.56. The number of unbranched alkanes of at least 4 members (excludes halogenated alkanes) is 1. The Hall–Kier alpha value is -3.49. The molecule has 1 aliphatic rings. The summed E-state index contributed by atoms with van der Waals surface area (Å²) in [6.07, 6.45) is -0.443. The van der Waals surface area contributed by atoms with Crippen LogP contribution in [0.15, 0.2) is 30.9 Å². The number of fused-ring (bicyclic) bond motifs is 2. The SMILES string of the molecule is CC(C)N(CCCCc1nc2ccc(OC(F)(F)F)cc2[nH]1)C[C@@H]1C[C@@H](O)C(n2cnc3c(N)ncnc32)O1. The number of rotatable bonds is 10. The van der Waals surface area contributed by atoms with Crippen LogP contribution < -0.4 is 10.5 Å². The Kier molecular flexibility index (Phi) is 7.60. The minimum atomic E-state index is -4.74. The van der Waals surface area contributed by atoms with Gasteiger partial charge in [-0.2, -0.15) is 0 Å². The highest BCUT2D eigenvalue weighted by Crippen LogP contribution is 2.32. The number of aliphatic hydroxyl groups excluding tert-OH is 1. The van der Waals surface area contributed by atoms with Gasteiger partial charge in [-0.3, -0.25) is 9.47 Å². The van der Waals surface area contributed by atoms with Gasteiger partial charge in [0.15, 0.2) is 17.7 Å². The van der Waals surface area contributed by atoms with E-state index in [1.54, 1.807) is 10.9 Å². The molecule has 3 atom stereocenters. The Balaban J connectivity index is 1.14. The number of nitrogens with zero attached hydrogens (tertiary/aromatic N) is 6. The molecular weight excluding hydrogens is 517 g/mol. The monoisotopic (exact) mass is 548 g/mol. The Morgan fingerprint density at radius 3 is 2.85 bits per heavy atom. The van der Waals surface area contributed by atoms with Gasteiger partial charge in [-0.1, -0.05) is 0 Å². The van der Waals surface area contributed by atoms with Gasteiger partial charge >= 0.3 is 6.36 Å². The molecule has 1 aromatic carbocycles. The van der Waals surface area contributed by atoms with Crippen molar-refractivity contribution in [3.05, 3.63) is 36.7 Å². The molecule has 5 rings (SSSR count). The van der Waals surface area contributed by atoms with E-state index in [4.69, 9.17) is 10.5 Å². The second kappa shape index (κ2) is 10.9. The van der Waals surface area contributed by atoms with Gasteiger partial charge in [-0.15, -0.1) is 13.2 Å². The molecule has 0 bridgehead atoms. The third kappa shape index (κ3) is 6.23. The van der Waals surface area contributed by atoms with E-state index >= 15 is 0 Å². The molecule has 0 saturated carbocycles. The van der Waals surface area contributed by atoms with Crippen LogP contribution in [0.25, 0.3) is 22.2 Å². The highest BCUT2D eigenvalue weighted by molar-refractivity contribution is 5.81. The zero-order valence-corrected chi connectivity index (χ0v) is 21.6. The Morgan fingerprint density at radius 2 is 2.08 bits per heavy atom. The lowest BCUT2D eigenvalue weighted by Crippen LogP contribution is -2.38. The second-order valence-electron chi connectivity index (χ2n) is 9.99. The quantitative estimate of drug-likeness (QED) is 0.254. The predicted octanol–water partition coefficient (Wildman–Crippen LogP) is 3.57. The summed E-state index contributed by atoms with van der Waals surface area (Å²) in [5.74, 6) is 0.710. The predicted molar refractivity (Wildman–Crippen MR) is 137 cm³/mol. The number of halogens is 3. The molecule has 0 radical (unpaired) electrons. The maximum absolute atomic E-state index is 12.5. The van der Waals surface area contributed by atoms with Gasteiger partial charge in [-0.05, 0) is 45.4 Å². The normalized spacial score (nSPS) is 20.2. The van der Waals surface area contributed by atoms with Crippen molar-refractivity contribution < 1.29 is 27.8 Å². The molecule has 4 heterocycles. The number of nitrogens with one attached hydrogen (secondary N) is 1. The summed E-state index contributed by atoms with van der Waals surface area (Å²) in [6.45, 7) is 5.71. The molecule has 0 amide bonds. The second-order valence-corrected chi connectivity index (χ2v) is 9.99. The van der Waals surface area contributed by atoms with E-state index < -0.39 is 18.7 Å². The summed E-state index contributed by atoms with van der Waals surface area (Å²) in [6, 6.07) is 4.34. The third-order valence-corrected chi connectivity index (χ3v) is 6.84. The van der Waals surface area contributed by atoms with Crippen LogP contribution in [0.5, 0.6) is 5.75 Å². The minimum Gasteiger partial charge on any atom is -0.406 e. The number of benzene rings is 1. The lowest BCUT2D eigenvalue weighted by Gasteiger charge is -2.29. The first-order valence-corrected chi connectivity index (χ1v) is 12.8. The molecule has 14 heteroatoms. The molecule has 4 aromatic rings. The zero-order chi connectivity index (χ0) is 27.7. The fourth-order valence-corrected chi connectivity index (χ4v) is 4.94. The first kappa shape index (κ1) is 27.1. The van der Waals surface area contributed by atoms with Crippen molar-refractivity contribution in [1.82, 2.24) is 34.4 Å². The molecule has 0 aliphatic carbocycles. The van der Waals surface area contributed by atoms with Gasteiger partial charge in [0, 0.05) is 31.5 Å². The zero-order valence-electron chi connectivity index (χ0n) is 21.6. The van der Waals surface area contributed by atoms with Crippen LogP contribution in [0, 0.1) is 0 Å². The number of aryl methyl sites for hydroxylation is 1. The molecule has 39 heavy (non-hydrogen) atoms. The number of imidazole rings is 2. The third-order valence-electron chi connectivity index (χ3n) is 6.84. The number of anilines is 1. The number of aromatic nitrogens is 6. The first-order valence-electron chi connectivity index (χ1n) is 12.8. The van der Waals surface area contributed by atoms with Gasteiger partial charge in [-0.25, -0.2) is 19.9 Å². The summed E-state index contributed by atoms with van der Waals surface area (Å²) in [5, 5.41) is 10.7. The van der Waals surface area contributed by atoms with Crippen LogP contribution in [-0.4, -0.2) is 77.2 Å². The maximum atomic E-state index is 12.5. The fourth-order valence-electron chi connectivity index (χ4n) is 4.94. The van der Waals surface area contributed by atoms with Crippen molar-refractivity contribution >= 4 is 28.0 Å². The van der Waals surface area contributed by atoms with Crippen LogP contribution in [0.1, 0.15) is 45.2 Å². The molecule has 0 spiro atoms. The van der Waals surface area contributed by atoms with Crippen molar-refractivity contribution in [3.8, 4) is 5.75 Å². The standard InChI is InChI=1S/C25H31F3N8O3/c1-14(2)35(8-4-3-5-20-33-17-7-6-15(9-18(17)34-20)39-25(26,27)28)11-16-10-19(37)24(38-16)36-13-32-21-22(29)30-12-31-23(21)36/h6-7,9,12-14,16,19,24,37H,3-5,8,10-11H2,1-2H3,(H,33,34)(H2,29,30,31)/t16-,19+,24?/m0/s1. The maximum Gasteiger partial charge on any atom is 0.573 e. The van der Waals surface area contributed by atoms with E-state index in [0.29, 0.717) is 47.4 Å².